The van der Waals surface area contributed by atoms with Crippen molar-refractivity contribution in [3.8, 4) is 0 Å². The Morgan fingerprint density at radius 3 is 2.67 bits per heavy atom. The lowest BCUT2D eigenvalue weighted by Gasteiger charge is -2.30. The van der Waals surface area contributed by atoms with Gasteiger partial charge in [-0.05, 0) is 53.4 Å². The van der Waals surface area contributed by atoms with Crippen LogP contribution < -0.4 is 0 Å². The number of carbonyl (C=O) groups is 1. The zero-order chi connectivity index (χ0) is 15.4. The molecule has 5 heteroatoms. The van der Waals surface area contributed by atoms with E-state index in [9.17, 15) is 4.79 Å². The van der Waals surface area contributed by atoms with Crippen molar-refractivity contribution in [3.05, 3.63) is 16.4 Å². The van der Waals surface area contributed by atoms with E-state index in [0.717, 1.165) is 42.0 Å². The number of methoxy groups -OCH3 is 1. The number of hydrogen-bond acceptors (Lipinski definition) is 3. The highest BCUT2D eigenvalue weighted by molar-refractivity contribution is 9.10. The first-order valence-corrected chi connectivity index (χ1v) is 8.58. The second-order valence-electron chi connectivity index (χ2n) is 6.28. The second kappa shape index (κ2) is 7.54. The van der Waals surface area contributed by atoms with Gasteiger partial charge in [0.15, 0.2) is 5.78 Å². The van der Waals surface area contributed by atoms with Crippen molar-refractivity contribution in [1.82, 2.24) is 9.78 Å². The third-order valence-electron chi connectivity index (χ3n) is 4.62. The fourth-order valence-corrected chi connectivity index (χ4v) is 3.69. The van der Waals surface area contributed by atoms with E-state index in [4.69, 9.17) is 4.74 Å². The van der Waals surface area contributed by atoms with Gasteiger partial charge in [0.2, 0.25) is 0 Å². The van der Waals surface area contributed by atoms with Crippen LogP contribution in [0.5, 0.6) is 0 Å². The number of hydrogen-bond donors (Lipinski definition) is 0. The Balaban J connectivity index is 2.05. The van der Waals surface area contributed by atoms with Crippen molar-refractivity contribution in [2.45, 2.75) is 46.1 Å². The van der Waals surface area contributed by atoms with E-state index in [2.05, 4.69) is 34.9 Å². The number of halogens is 1. The van der Waals surface area contributed by atoms with Crippen molar-refractivity contribution in [3.63, 3.8) is 0 Å². The molecule has 1 saturated carbocycles. The van der Waals surface area contributed by atoms with Crippen LogP contribution in [0.2, 0.25) is 0 Å². The standard InChI is InChI=1S/C16H25BrN2O2/c1-11(2)12-4-6-13(7-5-12)16(20)15-14(17)10-18-19(15)8-9-21-3/h10-13H,4-9H2,1-3H3. The molecule has 4 nitrogen and oxygen atoms in total. The van der Waals surface area contributed by atoms with Crippen LogP contribution in [0.15, 0.2) is 10.7 Å². The fourth-order valence-electron chi connectivity index (χ4n) is 3.20. The van der Waals surface area contributed by atoms with Crippen LogP contribution in [0.4, 0.5) is 0 Å². The van der Waals surface area contributed by atoms with Gasteiger partial charge in [-0.3, -0.25) is 9.48 Å². The van der Waals surface area contributed by atoms with Gasteiger partial charge < -0.3 is 4.74 Å². The second-order valence-corrected chi connectivity index (χ2v) is 7.13. The molecule has 0 unspecified atom stereocenters. The Hall–Kier alpha value is -0.680. The average molecular weight is 357 g/mol. The Labute approximate surface area is 135 Å². The van der Waals surface area contributed by atoms with E-state index in [1.54, 1.807) is 18.0 Å². The Kier molecular flexibility index (Phi) is 5.99. The summed E-state index contributed by atoms with van der Waals surface area (Å²) in [6.07, 6.45) is 6.05. The lowest BCUT2D eigenvalue weighted by molar-refractivity contribution is 0.0843. The van der Waals surface area contributed by atoms with Gasteiger partial charge in [-0.25, -0.2) is 0 Å². The number of Topliss-reactive ketones (excluding diaryl/α,β-unsaturated/α-hetero) is 1. The fraction of sp³-hybridized carbons (Fsp3) is 0.750. The monoisotopic (exact) mass is 356 g/mol. The van der Waals surface area contributed by atoms with E-state index in [0.29, 0.717) is 18.8 Å². The normalized spacial score (nSPS) is 22.7. The van der Waals surface area contributed by atoms with Crippen molar-refractivity contribution in [2.24, 2.45) is 17.8 Å². The summed E-state index contributed by atoms with van der Waals surface area (Å²) in [6, 6.07) is 0. The predicted molar refractivity (Wildman–Crippen MR) is 86.4 cm³/mol. The van der Waals surface area contributed by atoms with Crippen LogP contribution in [0.1, 0.15) is 50.0 Å². The highest BCUT2D eigenvalue weighted by Crippen LogP contribution is 2.35. The third-order valence-corrected chi connectivity index (χ3v) is 5.20. The third kappa shape index (κ3) is 3.95. The molecule has 0 aliphatic heterocycles. The summed E-state index contributed by atoms with van der Waals surface area (Å²) in [6.45, 7) is 5.74. The minimum absolute atomic E-state index is 0.147. The molecule has 0 saturated heterocycles. The van der Waals surface area contributed by atoms with Crippen molar-refractivity contribution >= 4 is 21.7 Å². The van der Waals surface area contributed by atoms with Gasteiger partial charge in [-0.15, -0.1) is 0 Å². The number of aromatic nitrogens is 2. The molecule has 21 heavy (non-hydrogen) atoms. The molecule has 0 amide bonds. The summed E-state index contributed by atoms with van der Waals surface area (Å²) in [4.78, 5) is 12.8. The van der Waals surface area contributed by atoms with Gasteiger partial charge in [0.25, 0.3) is 0 Å². The van der Waals surface area contributed by atoms with Gasteiger partial charge in [-0.2, -0.15) is 5.10 Å². The van der Waals surface area contributed by atoms with E-state index >= 15 is 0 Å². The van der Waals surface area contributed by atoms with E-state index < -0.39 is 0 Å². The lowest BCUT2D eigenvalue weighted by atomic mass is 9.75. The first-order chi connectivity index (χ1) is 10.0. The average Bonchev–Trinajstić information content (AvgIpc) is 2.85. The van der Waals surface area contributed by atoms with Gasteiger partial charge in [-0.1, -0.05) is 13.8 Å². The summed E-state index contributed by atoms with van der Waals surface area (Å²) in [5.41, 5.74) is 0.708. The first kappa shape index (κ1) is 16.7. The molecule has 1 aliphatic rings. The largest absolute Gasteiger partial charge is 0.383 e. The topological polar surface area (TPSA) is 44.1 Å². The Morgan fingerprint density at radius 2 is 2.10 bits per heavy atom. The summed E-state index contributed by atoms with van der Waals surface area (Å²) < 4.78 is 7.66. The molecule has 1 heterocycles. The van der Waals surface area contributed by atoms with Crippen LogP contribution in [0.3, 0.4) is 0 Å². The number of ether oxygens (including phenoxy) is 1. The van der Waals surface area contributed by atoms with Crippen LogP contribution in [0, 0.1) is 17.8 Å². The molecule has 2 rings (SSSR count). The summed E-state index contributed by atoms with van der Waals surface area (Å²) in [5, 5.41) is 4.28. The maximum atomic E-state index is 12.8. The number of ketones is 1. The molecule has 0 N–H and O–H groups in total. The molecule has 0 aromatic carbocycles. The maximum absolute atomic E-state index is 12.8. The molecular formula is C16H25BrN2O2. The SMILES string of the molecule is COCCn1ncc(Br)c1C(=O)C1CCC(C(C)C)CC1. The number of nitrogens with zero attached hydrogens (tertiary/aromatic N) is 2. The highest BCUT2D eigenvalue weighted by Gasteiger charge is 2.31. The highest BCUT2D eigenvalue weighted by atomic mass is 79.9. The minimum Gasteiger partial charge on any atom is -0.383 e. The Morgan fingerprint density at radius 1 is 1.43 bits per heavy atom. The zero-order valence-electron chi connectivity index (χ0n) is 13.1. The van der Waals surface area contributed by atoms with Crippen molar-refractivity contribution in [2.75, 3.05) is 13.7 Å². The van der Waals surface area contributed by atoms with Gasteiger partial charge >= 0.3 is 0 Å². The molecule has 1 fully saturated rings. The maximum Gasteiger partial charge on any atom is 0.185 e. The van der Waals surface area contributed by atoms with E-state index in [1.807, 2.05) is 0 Å². The molecular weight excluding hydrogens is 332 g/mol. The smallest absolute Gasteiger partial charge is 0.185 e. The van der Waals surface area contributed by atoms with E-state index in [-0.39, 0.29) is 11.7 Å². The summed E-state index contributed by atoms with van der Waals surface area (Å²) in [5.74, 6) is 1.88. The molecule has 1 aliphatic carbocycles. The number of rotatable bonds is 6. The van der Waals surface area contributed by atoms with Gasteiger partial charge in [0, 0.05) is 13.0 Å². The molecule has 1 aromatic heterocycles. The zero-order valence-corrected chi connectivity index (χ0v) is 14.7. The molecule has 1 aromatic rings. The quantitative estimate of drug-likeness (QED) is 0.725. The molecule has 0 bridgehead atoms. The van der Waals surface area contributed by atoms with Crippen LogP contribution in [-0.4, -0.2) is 29.3 Å². The van der Waals surface area contributed by atoms with Crippen LogP contribution in [0.25, 0.3) is 0 Å². The van der Waals surface area contributed by atoms with Crippen molar-refractivity contribution in [1.29, 1.82) is 0 Å². The van der Waals surface area contributed by atoms with Gasteiger partial charge in [0.1, 0.15) is 5.69 Å². The number of carbonyl (C=O) groups excluding carboxylic acids is 1. The molecule has 118 valence electrons. The summed E-state index contributed by atoms with van der Waals surface area (Å²) in [7, 11) is 1.66. The lowest BCUT2D eigenvalue weighted by Crippen LogP contribution is -2.26. The first-order valence-electron chi connectivity index (χ1n) is 7.79. The van der Waals surface area contributed by atoms with Crippen molar-refractivity contribution < 1.29 is 9.53 Å². The predicted octanol–water partition coefficient (Wildman–Crippen LogP) is 3.94. The van der Waals surface area contributed by atoms with Crippen LogP contribution >= 0.6 is 15.9 Å². The Bertz CT molecular complexity index is 477. The molecule has 0 spiro atoms. The molecule has 0 radical (unpaired) electrons. The van der Waals surface area contributed by atoms with Crippen LogP contribution in [-0.2, 0) is 11.3 Å². The minimum atomic E-state index is 0.147. The summed E-state index contributed by atoms with van der Waals surface area (Å²) >= 11 is 3.47. The molecule has 0 atom stereocenters. The van der Waals surface area contributed by atoms with Gasteiger partial charge in [0.05, 0.1) is 23.8 Å². The van der Waals surface area contributed by atoms with E-state index in [1.165, 1.54) is 0 Å².